The van der Waals surface area contributed by atoms with Gasteiger partial charge in [0.1, 0.15) is 5.15 Å². The third-order valence-corrected chi connectivity index (χ3v) is 3.87. The van der Waals surface area contributed by atoms with Crippen LogP contribution in [0.4, 0.5) is 5.69 Å². The largest absolute Gasteiger partial charge is 0.364 e. The molecule has 18 heavy (non-hydrogen) atoms. The molecule has 2 heterocycles. The quantitative estimate of drug-likeness (QED) is 0.764. The summed E-state index contributed by atoms with van der Waals surface area (Å²) in [4.78, 5) is 6.54. The lowest BCUT2D eigenvalue weighted by Gasteiger charge is -2.25. The van der Waals surface area contributed by atoms with Gasteiger partial charge in [0.05, 0.1) is 0 Å². The maximum Gasteiger partial charge on any atom is 0.133 e. The van der Waals surface area contributed by atoms with Gasteiger partial charge in [-0.1, -0.05) is 35.9 Å². The molecule has 3 rings (SSSR count). The van der Waals surface area contributed by atoms with Crippen LogP contribution in [0, 0.1) is 0 Å². The minimum Gasteiger partial charge on any atom is -0.364 e. The molecule has 3 heteroatoms. The van der Waals surface area contributed by atoms with Gasteiger partial charge in [0.2, 0.25) is 0 Å². The van der Waals surface area contributed by atoms with E-state index < -0.39 is 0 Å². The Bertz CT molecular complexity index is 568. The monoisotopic (exact) mass is 258 g/mol. The van der Waals surface area contributed by atoms with E-state index >= 15 is 0 Å². The number of para-hydroxylation sites is 1. The summed E-state index contributed by atoms with van der Waals surface area (Å²) in [6.45, 7) is 3.08. The molecule has 0 saturated heterocycles. The number of rotatable bonds is 2. The van der Waals surface area contributed by atoms with Crippen LogP contribution in [-0.4, -0.2) is 11.0 Å². The van der Waals surface area contributed by atoms with Crippen molar-refractivity contribution in [2.24, 2.45) is 0 Å². The van der Waals surface area contributed by atoms with Gasteiger partial charge >= 0.3 is 0 Å². The van der Waals surface area contributed by atoms with Crippen molar-refractivity contribution >= 4 is 17.3 Å². The van der Waals surface area contributed by atoms with Crippen molar-refractivity contribution in [1.82, 2.24) is 4.98 Å². The Kier molecular flexibility index (Phi) is 2.96. The second-order valence-corrected chi connectivity index (χ2v) is 5.12. The van der Waals surface area contributed by atoms with E-state index in [2.05, 4.69) is 41.1 Å². The number of nitrogens with zero attached hydrogens (tertiary/aromatic N) is 2. The fourth-order valence-electron chi connectivity index (χ4n) is 2.59. The molecule has 1 aliphatic rings. The molecular weight excluding hydrogens is 244 g/mol. The van der Waals surface area contributed by atoms with Crippen molar-refractivity contribution in [2.45, 2.75) is 25.9 Å². The molecule has 0 bridgehead atoms. The number of hydrogen-bond acceptors (Lipinski definition) is 2. The standard InChI is InChI=1S/C15H15ClN2/c1-11-9-12-5-2-3-7-14(12)18(11)10-13-6-4-8-17-15(13)16/h2-8,11H,9-10H2,1H3. The number of benzene rings is 1. The van der Waals surface area contributed by atoms with Crippen molar-refractivity contribution < 1.29 is 0 Å². The molecular formula is C15H15ClN2. The van der Waals surface area contributed by atoms with Crippen LogP contribution < -0.4 is 4.90 Å². The molecule has 92 valence electrons. The molecule has 0 spiro atoms. The Morgan fingerprint density at radius 3 is 2.94 bits per heavy atom. The average molecular weight is 259 g/mol. The summed E-state index contributed by atoms with van der Waals surface area (Å²) < 4.78 is 0. The Morgan fingerprint density at radius 1 is 1.28 bits per heavy atom. The van der Waals surface area contributed by atoms with Crippen molar-refractivity contribution in [2.75, 3.05) is 4.90 Å². The normalized spacial score (nSPS) is 17.9. The molecule has 1 unspecified atom stereocenters. The number of pyridine rings is 1. The second kappa shape index (κ2) is 4.62. The molecule has 0 N–H and O–H groups in total. The highest BCUT2D eigenvalue weighted by Gasteiger charge is 2.25. The number of anilines is 1. The third kappa shape index (κ3) is 1.97. The summed E-state index contributed by atoms with van der Waals surface area (Å²) in [7, 11) is 0. The van der Waals surface area contributed by atoms with Crippen LogP contribution in [0.25, 0.3) is 0 Å². The van der Waals surface area contributed by atoms with E-state index in [0.29, 0.717) is 11.2 Å². The number of halogens is 1. The zero-order valence-electron chi connectivity index (χ0n) is 10.3. The molecule has 1 atom stereocenters. The molecule has 2 aromatic rings. The van der Waals surface area contributed by atoms with Gasteiger partial charge in [-0.2, -0.15) is 0 Å². The Hall–Kier alpha value is -1.54. The van der Waals surface area contributed by atoms with Crippen molar-refractivity contribution in [3.63, 3.8) is 0 Å². The molecule has 0 amide bonds. The second-order valence-electron chi connectivity index (χ2n) is 4.76. The summed E-state index contributed by atoms with van der Waals surface area (Å²) in [5, 5.41) is 0.606. The first-order valence-electron chi connectivity index (χ1n) is 6.19. The molecule has 2 nitrogen and oxygen atoms in total. The van der Waals surface area contributed by atoms with E-state index in [1.807, 2.05) is 12.1 Å². The highest BCUT2D eigenvalue weighted by Crippen LogP contribution is 2.33. The maximum absolute atomic E-state index is 6.14. The minimum atomic E-state index is 0.513. The summed E-state index contributed by atoms with van der Waals surface area (Å²) in [6.07, 6.45) is 2.83. The average Bonchev–Trinajstić information content (AvgIpc) is 2.69. The Balaban J connectivity index is 1.92. The lowest BCUT2D eigenvalue weighted by molar-refractivity contribution is 0.671. The fraction of sp³-hybridized carbons (Fsp3) is 0.267. The minimum absolute atomic E-state index is 0.513. The molecule has 0 fully saturated rings. The molecule has 1 aromatic heterocycles. The van der Waals surface area contributed by atoms with E-state index in [4.69, 9.17) is 11.6 Å². The van der Waals surface area contributed by atoms with E-state index in [1.165, 1.54) is 11.3 Å². The zero-order chi connectivity index (χ0) is 12.5. The lowest BCUT2D eigenvalue weighted by atomic mass is 10.1. The predicted molar refractivity (Wildman–Crippen MR) is 75.0 cm³/mol. The lowest BCUT2D eigenvalue weighted by Crippen LogP contribution is -2.28. The van der Waals surface area contributed by atoms with E-state index in [0.717, 1.165) is 18.5 Å². The predicted octanol–water partition coefficient (Wildman–Crippen LogP) is 3.69. The number of hydrogen-bond donors (Lipinski definition) is 0. The van der Waals surface area contributed by atoms with Gasteiger partial charge in [-0.3, -0.25) is 0 Å². The molecule has 0 aliphatic carbocycles. The van der Waals surface area contributed by atoms with Gasteiger partial charge in [0.15, 0.2) is 0 Å². The Labute approximate surface area is 112 Å². The fourth-order valence-corrected chi connectivity index (χ4v) is 2.77. The van der Waals surface area contributed by atoms with Crippen LogP contribution in [0.15, 0.2) is 42.6 Å². The molecule has 0 saturated carbocycles. The van der Waals surface area contributed by atoms with E-state index in [9.17, 15) is 0 Å². The van der Waals surface area contributed by atoms with Gasteiger partial charge in [0.25, 0.3) is 0 Å². The first-order valence-corrected chi connectivity index (χ1v) is 6.57. The van der Waals surface area contributed by atoms with Gasteiger partial charge in [0, 0.05) is 30.0 Å². The van der Waals surface area contributed by atoms with Crippen LogP contribution in [0.5, 0.6) is 0 Å². The first-order chi connectivity index (χ1) is 8.75. The van der Waals surface area contributed by atoms with Crippen molar-refractivity contribution in [1.29, 1.82) is 0 Å². The van der Waals surface area contributed by atoms with Crippen LogP contribution in [0.3, 0.4) is 0 Å². The summed E-state index contributed by atoms with van der Waals surface area (Å²) >= 11 is 6.14. The number of aromatic nitrogens is 1. The van der Waals surface area contributed by atoms with Crippen LogP contribution in [0.2, 0.25) is 5.15 Å². The van der Waals surface area contributed by atoms with Gasteiger partial charge < -0.3 is 4.90 Å². The van der Waals surface area contributed by atoms with E-state index in [-0.39, 0.29) is 0 Å². The maximum atomic E-state index is 6.14. The van der Waals surface area contributed by atoms with Crippen molar-refractivity contribution in [3.05, 3.63) is 58.9 Å². The summed E-state index contributed by atoms with van der Waals surface area (Å²) in [5.41, 5.74) is 3.83. The topological polar surface area (TPSA) is 16.1 Å². The summed E-state index contributed by atoms with van der Waals surface area (Å²) in [6, 6.07) is 13.1. The van der Waals surface area contributed by atoms with Crippen LogP contribution in [-0.2, 0) is 13.0 Å². The van der Waals surface area contributed by atoms with Gasteiger partial charge in [-0.15, -0.1) is 0 Å². The van der Waals surface area contributed by atoms with Crippen molar-refractivity contribution in [3.8, 4) is 0 Å². The highest BCUT2D eigenvalue weighted by atomic mass is 35.5. The Morgan fingerprint density at radius 2 is 2.11 bits per heavy atom. The number of fused-ring (bicyclic) bond motifs is 1. The highest BCUT2D eigenvalue weighted by molar-refractivity contribution is 6.30. The SMILES string of the molecule is CC1Cc2ccccc2N1Cc1cccnc1Cl. The summed E-state index contributed by atoms with van der Waals surface area (Å²) in [5.74, 6) is 0. The molecule has 0 radical (unpaired) electrons. The van der Waals surface area contributed by atoms with Gasteiger partial charge in [-0.05, 0) is 31.0 Å². The third-order valence-electron chi connectivity index (χ3n) is 3.53. The van der Waals surface area contributed by atoms with Gasteiger partial charge in [-0.25, -0.2) is 4.98 Å². The molecule has 1 aliphatic heterocycles. The molecule has 1 aromatic carbocycles. The van der Waals surface area contributed by atoms with Crippen LogP contribution >= 0.6 is 11.6 Å². The van der Waals surface area contributed by atoms with E-state index in [1.54, 1.807) is 6.20 Å². The zero-order valence-corrected chi connectivity index (χ0v) is 11.1. The first kappa shape index (κ1) is 11.5. The van der Waals surface area contributed by atoms with Crippen LogP contribution in [0.1, 0.15) is 18.1 Å². The smallest absolute Gasteiger partial charge is 0.133 e.